The minimum Gasteiger partial charge on any atom is -0.409 e. The van der Waals surface area contributed by atoms with Gasteiger partial charge in [-0.25, -0.2) is 0 Å². The topological polar surface area (TPSA) is 88.5 Å². The summed E-state index contributed by atoms with van der Waals surface area (Å²) in [5.74, 6) is 0.0489. The van der Waals surface area contributed by atoms with Crippen LogP contribution >= 0.6 is 0 Å². The summed E-state index contributed by atoms with van der Waals surface area (Å²) in [5.41, 5.74) is 7.89. The van der Waals surface area contributed by atoms with Crippen LogP contribution in [0.15, 0.2) is 47.9 Å². The molecule has 0 saturated heterocycles. The van der Waals surface area contributed by atoms with E-state index in [4.69, 9.17) is 10.9 Å². The number of nitrogens with zero attached hydrogens (tertiary/aromatic N) is 3. The molecule has 0 spiro atoms. The van der Waals surface area contributed by atoms with Crippen LogP contribution < -0.4 is 11.1 Å². The van der Waals surface area contributed by atoms with Crippen molar-refractivity contribution in [1.29, 1.82) is 0 Å². The quantitative estimate of drug-likeness (QED) is 0.317. The van der Waals surface area contributed by atoms with Crippen molar-refractivity contribution in [2.24, 2.45) is 17.9 Å². The number of oxime groups is 1. The van der Waals surface area contributed by atoms with Gasteiger partial charge in [-0.15, -0.1) is 0 Å². The maximum absolute atomic E-state index is 8.91. The molecule has 1 aromatic heterocycles. The number of nitrogens with two attached hydrogens (primary N) is 1. The first kappa shape index (κ1) is 14.1. The molecule has 0 saturated carbocycles. The van der Waals surface area contributed by atoms with Gasteiger partial charge in [-0.2, -0.15) is 5.10 Å². The highest BCUT2D eigenvalue weighted by atomic mass is 16.4. The maximum Gasteiger partial charge on any atom is 0.147 e. The Kier molecular flexibility index (Phi) is 4.73. The number of hydrogen-bond acceptors (Lipinski definition) is 4. The zero-order valence-electron chi connectivity index (χ0n) is 11.4. The first-order valence-corrected chi connectivity index (χ1v) is 6.41. The zero-order chi connectivity index (χ0) is 14.4. The third-order valence-corrected chi connectivity index (χ3v) is 3.11. The van der Waals surface area contributed by atoms with Gasteiger partial charge in [0.1, 0.15) is 5.84 Å². The highest BCUT2D eigenvalue weighted by Gasteiger charge is 2.16. The van der Waals surface area contributed by atoms with E-state index in [0.717, 1.165) is 11.1 Å². The van der Waals surface area contributed by atoms with Crippen molar-refractivity contribution in [3.05, 3.63) is 53.9 Å². The molecule has 106 valence electrons. The lowest BCUT2D eigenvalue weighted by atomic mass is 9.98. The fourth-order valence-electron chi connectivity index (χ4n) is 2.07. The average Bonchev–Trinajstić information content (AvgIpc) is 2.89. The Morgan fingerprint density at radius 1 is 1.45 bits per heavy atom. The van der Waals surface area contributed by atoms with Crippen molar-refractivity contribution >= 4 is 5.84 Å². The molecule has 1 unspecified atom stereocenters. The van der Waals surface area contributed by atoms with Crippen LogP contribution in [0.25, 0.3) is 0 Å². The van der Waals surface area contributed by atoms with Gasteiger partial charge < -0.3 is 16.3 Å². The van der Waals surface area contributed by atoms with Crippen molar-refractivity contribution in [2.45, 2.75) is 12.5 Å². The van der Waals surface area contributed by atoms with Gasteiger partial charge in [0, 0.05) is 31.9 Å². The summed E-state index contributed by atoms with van der Waals surface area (Å²) in [7, 11) is 1.88. The fraction of sp³-hybridized carbons (Fsp3) is 0.286. The molecule has 0 amide bonds. The summed E-state index contributed by atoms with van der Waals surface area (Å²) in [6.45, 7) is 1.28. The Labute approximate surface area is 117 Å². The normalized spacial score (nSPS) is 13.3. The van der Waals surface area contributed by atoms with Crippen LogP contribution in [0.3, 0.4) is 0 Å². The number of nitrogens with one attached hydrogen (secondary N) is 1. The molecule has 0 radical (unpaired) electrons. The SMILES string of the molecule is Cn1cc(CNCC(C(N)=NO)c2ccccc2)cn1. The van der Waals surface area contributed by atoms with Gasteiger partial charge in [0.15, 0.2) is 0 Å². The van der Waals surface area contributed by atoms with Gasteiger partial charge in [0.2, 0.25) is 0 Å². The molecule has 6 heteroatoms. The first-order chi connectivity index (χ1) is 9.70. The molecule has 1 aromatic carbocycles. The first-order valence-electron chi connectivity index (χ1n) is 6.41. The van der Waals surface area contributed by atoms with E-state index in [0.29, 0.717) is 13.1 Å². The summed E-state index contributed by atoms with van der Waals surface area (Å²) >= 11 is 0. The number of amidine groups is 1. The molecule has 2 aromatic rings. The number of hydrogen-bond donors (Lipinski definition) is 3. The van der Waals surface area contributed by atoms with Crippen molar-refractivity contribution < 1.29 is 5.21 Å². The highest BCUT2D eigenvalue weighted by molar-refractivity contribution is 5.87. The number of aryl methyl sites for hydroxylation is 1. The van der Waals surface area contributed by atoms with Crippen LogP contribution in [0.4, 0.5) is 0 Å². The van der Waals surface area contributed by atoms with E-state index in [-0.39, 0.29) is 11.8 Å². The van der Waals surface area contributed by atoms with Crippen molar-refractivity contribution in [2.75, 3.05) is 6.54 Å². The molecule has 1 atom stereocenters. The Morgan fingerprint density at radius 3 is 2.80 bits per heavy atom. The second kappa shape index (κ2) is 6.72. The Balaban J connectivity index is 1.98. The lowest BCUT2D eigenvalue weighted by molar-refractivity contribution is 0.315. The summed E-state index contributed by atoms with van der Waals surface area (Å²) < 4.78 is 1.76. The van der Waals surface area contributed by atoms with Crippen molar-refractivity contribution in [3.63, 3.8) is 0 Å². The molecule has 1 heterocycles. The second-order valence-electron chi connectivity index (χ2n) is 4.64. The summed E-state index contributed by atoms with van der Waals surface area (Å²) in [6.07, 6.45) is 3.77. The molecule has 0 aliphatic rings. The van der Waals surface area contributed by atoms with Crippen LogP contribution in [0, 0.1) is 0 Å². The molecular weight excluding hydrogens is 254 g/mol. The Bertz CT molecular complexity index is 564. The fourth-order valence-corrected chi connectivity index (χ4v) is 2.07. The third-order valence-electron chi connectivity index (χ3n) is 3.11. The minimum absolute atomic E-state index is 0.155. The van der Waals surface area contributed by atoms with Gasteiger partial charge in [0.05, 0.1) is 12.1 Å². The van der Waals surface area contributed by atoms with Gasteiger partial charge in [0.25, 0.3) is 0 Å². The Morgan fingerprint density at radius 2 is 2.20 bits per heavy atom. The maximum atomic E-state index is 8.91. The van der Waals surface area contributed by atoms with Gasteiger partial charge in [-0.3, -0.25) is 4.68 Å². The molecule has 0 fully saturated rings. The van der Waals surface area contributed by atoms with E-state index in [1.54, 1.807) is 4.68 Å². The van der Waals surface area contributed by atoms with Gasteiger partial charge >= 0.3 is 0 Å². The van der Waals surface area contributed by atoms with Crippen LogP contribution in [0.1, 0.15) is 17.0 Å². The van der Waals surface area contributed by atoms with Crippen LogP contribution in [0.2, 0.25) is 0 Å². The molecular formula is C14H19N5O. The largest absolute Gasteiger partial charge is 0.409 e. The molecule has 20 heavy (non-hydrogen) atoms. The second-order valence-corrected chi connectivity index (χ2v) is 4.64. The number of benzene rings is 1. The molecule has 6 nitrogen and oxygen atoms in total. The summed E-state index contributed by atoms with van der Waals surface area (Å²) in [6, 6.07) is 9.75. The standard InChI is InChI=1S/C14H19N5O/c1-19-10-11(8-17-19)7-16-9-13(14(15)18-20)12-5-3-2-4-6-12/h2-6,8,10,13,16,20H,7,9H2,1H3,(H2,15,18). The molecule has 0 bridgehead atoms. The van der Waals surface area contributed by atoms with Crippen molar-refractivity contribution in [1.82, 2.24) is 15.1 Å². The zero-order valence-corrected chi connectivity index (χ0v) is 11.4. The number of aromatic nitrogens is 2. The van der Waals surface area contributed by atoms with Gasteiger partial charge in [-0.05, 0) is 5.56 Å². The van der Waals surface area contributed by atoms with Crippen LogP contribution in [0.5, 0.6) is 0 Å². The molecule has 2 rings (SSSR count). The molecule has 0 aliphatic carbocycles. The summed E-state index contributed by atoms with van der Waals surface area (Å²) in [4.78, 5) is 0. The monoisotopic (exact) mass is 273 g/mol. The number of rotatable bonds is 6. The summed E-state index contributed by atoms with van der Waals surface area (Å²) in [5, 5.41) is 19.5. The lowest BCUT2D eigenvalue weighted by Crippen LogP contribution is -2.31. The molecule has 0 aliphatic heterocycles. The van der Waals surface area contributed by atoms with E-state index in [2.05, 4.69) is 15.6 Å². The van der Waals surface area contributed by atoms with Crippen LogP contribution in [-0.4, -0.2) is 27.4 Å². The van der Waals surface area contributed by atoms with Crippen LogP contribution in [-0.2, 0) is 13.6 Å². The van der Waals surface area contributed by atoms with Gasteiger partial charge in [-0.1, -0.05) is 35.5 Å². The van der Waals surface area contributed by atoms with E-state index < -0.39 is 0 Å². The van der Waals surface area contributed by atoms with E-state index in [9.17, 15) is 0 Å². The smallest absolute Gasteiger partial charge is 0.147 e. The molecule has 4 N–H and O–H groups in total. The predicted molar refractivity (Wildman–Crippen MR) is 77.5 cm³/mol. The third kappa shape index (κ3) is 3.58. The minimum atomic E-state index is -0.155. The van der Waals surface area contributed by atoms with E-state index in [1.165, 1.54) is 0 Å². The lowest BCUT2D eigenvalue weighted by Gasteiger charge is -2.16. The average molecular weight is 273 g/mol. The highest BCUT2D eigenvalue weighted by Crippen LogP contribution is 2.15. The Hall–Kier alpha value is -2.34. The van der Waals surface area contributed by atoms with E-state index in [1.807, 2.05) is 49.8 Å². The predicted octanol–water partition coefficient (Wildman–Crippen LogP) is 1.04. The van der Waals surface area contributed by atoms with E-state index >= 15 is 0 Å². The van der Waals surface area contributed by atoms with Crippen molar-refractivity contribution in [3.8, 4) is 0 Å².